The van der Waals surface area contributed by atoms with Crippen LogP contribution in [0.5, 0.6) is 0 Å². The Morgan fingerprint density at radius 1 is 1.16 bits per heavy atom. The van der Waals surface area contributed by atoms with E-state index >= 15 is 0 Å². The molecule has 3 aromatic rings. The van der Waals surface area contributed by atoms with Crippen molar-refractivity contribution in [1.82, 2.24) is 30.0 Å². The lowest BCUT2D eigenvalue weighted by molar-refractivity contribution is 0.755. The molecule has 19 heavy (non-hydrogen) atoms. The highest BCUT2D eigenvalue weighted by atomic mass is 15.5. The van der Waals surface area contributed by atoms with Gasteiger partial charge in [0.25, 0.3) is 0 Å². The van der Waals surface area contributed by atoms with Crippen LogP contribution in [-0.4, -0.2) is 30.0 Å². The van der Waals surface area contributed by atoms with Gasteiger partial charge in [-0.15, -0.1) is 5.10 Å². The number of nitrogen functional groups attached to an aromatic ring is 1. The number of nitrogens with two attached hydrogens (primary N) is 1. The summed E-state index contributed by atoms with van der Waals surface area (Å²) in [5.41, 5.74) is 9.03. The van der Waals surface area contributed by atoms with E-state index in [4.69, 9.17) is 5.73 Å². The van der Waals surface area contributed by atoms with Gasteiger partial charge in [-0.2, -0.15) is 9.78 Å². The Bertz CT molecular complexity index is 708. The summed E-state index contributed by atoms with van der Waals surface area (Å²) in [6.45, 7) is 1.92. The Kier molecular flexibility index (Phi) is 2.52. The number of nitrogens with zero attached hydrogens (tertiary/aromatic N) is 6. The topological polar surface area (TPSA) is 87.4 Å². The first kappa shape index (κ1) is 11.4. The third-order valence-electron chi connectivity index (χ3n) is 2.85. The van der Waals surface area contributed by atoms with E-state index in [1.54, 1.807) is 9.36 Å². The van der Waals surface area contributed by atoms with Gasteiger partial charge in [0.2, 0.25) is 0 Å². The lowest BCUT2D eigenvalue weighted by Crippen LogP contribution is -2.00. The highest BCUT2D eigenvalue weighted by Crippen LogP contribution is 2.21. The third-order valence-corrected chi connectivity index (χ3v) is 2.85. The molecule has 0 aliphatic heterocycles. The largest absolute Gasteiger partial charge is 0.399 e. The lowest BCUT2D eigenvalue weighted by atomic mass is 10.2. The Balaban J connectivity index is 2.13. The summed E-state index contributed by atoms with van der Waals surface area (Å²) < 4.78 is 3.41. The molecule has 1 aromatic carbocycles. The van der Waals surface area contributed by atoms with E-state index in [1.807, 2.05) is 44.4 Å². The van der Waals surface area contributed by atoms with Crippen LogP contribution in [0.4, 0.5) is 5.69 Å². The van der Waals surface area contributed by atoms with Gasteiger partial charge < -0.3 is 5.73 Å². The summed E-state index contributed by atoms with van der Waals surface area (Å²) in [5, 5.41) is 16.1. The molecule has 7 heteroatoms. The predicted molar refractivity (Wildman–Crippen MR) is 70.5 cm³/mol. The Labute approximate surface area is 109 Å². The molecule has 0 saturated carbocycles. The molecule has 0 saturated heterocycles. The maximum atomic E-state index is 5.68. The van der Waals surface area contributed by atoms with Gasteiger partial charge in [0.15, 0.2) is 5.82 Å². The maximum Gasteiger partial charge on any atom is 0.187 e. The number of hydrogen-bond donors (Lipinski definition) is 1. The molecule has 2 heterocycles. The van der Waals surface area contributed by atoms with E-state index < -0.39 is 0 Å². The molecule has 7 nitrogen and oxygen atoms in total. The van der Waals surface area contributed by atoms with E-state index in [1.165, 1.54) is 0 Å². The fraction of sp³-hybridized carbons (Fsp3) is 0.167. The van der Waals surface area contributed by atoms with E-state index in [0.717, 1.165) is 16.9 Å². The lowest BCUT2D eigenvalue weighted by Gasteiger charge is -2.03. The molecule has 3 rings (SSSR count). The number of tetrazole rings is 1. The van der Waals surface area contributed by atoms with Crippen molar-refractivity contribution in [1.29, 1.82) is 0 Å². The van der Waals surface area contributed by atoms with Gasteiger partial charge in [0, 0.05) is 18.3 Å². The van der Waals surface area contributed by atoms with Crippen molar-refractivity contribution in [3.05, 3.63) is 36.2 Å². The van der Waals surface area contributed by atoms with Crippen molar-refractivity contribution in [2.24, 2.45) is 7.05 Å². The first-order valence-corrected chi connectivity index (χ1v) is 5.80. The number of anilines is 1. The van der Waals surface area contributed by atoms with Crippen LogP contribution in [0.1, 0.15) is 5.69 Å². The molecule has 0 bridgehead atoms. The van der Waals surface area contributed by atoms with E-state index in [0.29, 0.717) is 11.5 Å². The minimum atomic E-state index is 0.663. The summed E-state index contributed by atoms with van der Waals surface area (Å²) in [7, 11) is 1.86. The molecule has 0 atom stereocenters. The molecule has 96 valence electrons. The highest BCUT2D eigenvalue weighted by Gasteiger charge is 2.14. The standard InChI is InChI=1S/C12H13N7/c1-8-11(7-18(2)15-8)19-12(14-16-17-19)9-3-5-10(13)6-4-9/h3-7H,13H2,1-2H3. The van der Waals surface area contributed by atoms with Crippen LogP contribution >= 0.6 is 0 Å². The molecular formula is C12H13N7. The summed E-state index contributed by atoms with van der Waals surface area (Å²) in [5.74, 6) is 0.663. The molecule has 0 spiro atoms. The first-order chi connectivity index (χ1) is 9.15. The second-order valence-electron chi connectivity index (χ2n) is 4.31. The van der Waals surface area contributed by atoms with Crippen LogP contribution < -0.4 is 5.73 Å². The number of aryl methyl sites for hydroxylation is 2. The smallest absolute Gasteiger partial charge is 0.187 e. The summed E-state index contributed by atoms with van der Waals surface area (Å²) in [4.78, 5) is 0. The second kappa shape index (κ2) is 4.20. The number of aromatic nitrogens is 6. The zero-order valence-corrected chi connectivity index (χ0v) is 10.6. The number of hydrogen-bond acceptors (Lipinski definition) is 5. The maximum absolute atomic E-state index is 5.68. The Hall–Kier alpha value is -2.70. The van der Waals surface area contributed by atoms with Crippen molar-refractivity contribution in [2.45, 2.75) is 6.92 Å². The molecular weight excluding hydrogens is 242 g/mol. The average Bonchev–Trinajstić information content (AvgIpc) is 2.96. The molecule has 0 amide bonds. The van der Waals surface area contributed by atoms with Crippen LogP contribution in [0.15, 0.2) is 30.5 Å². The van der Waals surface area contributed by atoms with E-state index in [-0.39, 0.29) is 0 Å². The van der Waals surface area contributed by atoms with Gasteiger partial charge in [0.05, 0.1) is 11.9 Å². The van der Waals surface area contributed by atoms with Gasteiger partial charge in [0.1, 0.15) is 5.69 Å². The van der Waals surface area contributed by atoms with Gasteiger partial charge >= 0.3 is 0 Å². The molecule has 0 aliphatic rings. The van der Waals surface area contributed by atoms with Crippen molar-refractivity contribution in [3.63, 3.8) is 0 Å². The van der Waals surface area contributed by atoms with E-state index in [9.17, 15) is 0 Å². The second-order valence-corrected chi connectivity index (χ2v) is 4.31. The zero-order chi connectivity index (χ0) is 13.4. The third kappa shape index (κ3) is 1.95. The SMILES string of the molecule is Cc1nn(C)cc1-n1nnnc1-c1ccc(N)cc1. The number of rotatable bonds is 2. The Morgan fingerprint density at radius 2 is 1.89 bits per heavy atom. The summed E-state index contributed by atoms with van der Waals surface area (Å²) in [6.07, 6.45) is 1.88. The minimum Gasteiger partial charge on any atom is -0.399 e. The normalized spacial score (nSPS) is 10.8. The Morgan fingerprint density at radius 3 is 2.53 bits per heavy atom. The van der Waals surface area contributed by atoms with E-state index in [2.05, 4.69) is 20.6 Å². The van der Waals surface area contributed by atoms with Crippen LogP contribution in [0.25, 0.3) is 17.1 Å². The fourth-order valence-electron chi connectivity index (χ4n) is 1.96. The van der Waals surface area contributed by atoms with Crippen LogP contribution in [-0.2, 0) is 7.05 Å². The molecule has 2 N–H and O–H groups in total. The van der Waals surface area contributed by atoms with Gasteiger partial charge in [-0.1, -0.05) is 0 Å². The minimum absolute atomic E-state index is 0.663. The van der Waals surface area contributed by atoms with Gasteiger partial charge in [-0.05, 0) is 41.6 Å². The van der Waals surface area contributed by atoms with Crippen LogP contribution in [0, 0.1) is 6.92 Å². The fourth-order valence-corrected chi connectivity index (χ4v) is 1.96. The van der Waals surface area contributed by atoms with Crippen molar-refractivity contribution >= 4 is 5.69 Å². The monoisotopic (exact) mass is 255 g/mol. The summed E-state index contributed by atoms with van der Waals surface area (Å²) >= 11 is 0. The van der Waals surface area contributed by atoms with Gasteiger partial charge in [-0.3, -0.25) is 4.68 Å². The molecule has 2 aromatic heterocycles. The molecule has 0 aliphatic carbocycles. The summed E-state index contributed by atoms with van der Waals surface area (Å²) in [6, 6.07) is 7.43. The first-order valence-electron chi connectivity index (χ1n) is 5.80. The van der Waals surface area contributed by atoms with Crippen LogP contribution in [0.2, 0.25) is 0 Å². The van der Waals surface area contributed by atoms with Gasteiger partial charge in [-0.25, -0.2) is 0 Å². The quantitative estimate of drug-likeness (QED) is 0.689. The van der Waals surface area contributed by atoms with Crippen LogP contribution in [0.3, 0.4) is 0 Å². The molecule has 0 radical (unpaired) electrons. The van der Waals surface area contributed by atoms with Crippen molar-refractivity contribution in [3.8, 4) is 17.1 Å². The predicted octanol–water partition coefficient (Wildman–Crippen LogP) is 0.953. The highest BCUT2D eigenvalue weighted by molar-refractivity contribution is 5.60. The van der Waals surface area contributed by atoms with Crippen molar-refractivity contribution in [2.75, 3.05) is 5.73 Å². The zero-order valence-electron chi connectivity index (χ0n) is 10.6. The van der Waals surface area contributed by atoms with Crippen molar-refractivity contribution < 1.29 is 0 Å². The molecule has 0 unspecified atom stereocenters. The molecule has 0 fully saturated rings. The number of benzene rings is 1. The average molecular weight is 255 g/mol.